The van der Waals surface area contributed by atoms with Crippen molar-refractivity contribution in [3.8, 4) is 0 Å². The zero-order chi connectivity index (χ0) is 9.03. The fourth-order valence-corrected chi connectivity index (χ4v) is 2.14. The molecule has 2 fully saturated rings. The standard InChI is InChI=1S/C8H15N2.C2H6.Rf/c1-2-10-7-5-8(10)4-3-6-9-8;1-2;/h2,9H,3-7H2,1H3;1-2H3;/q-1;;. The Balaban J connectivity index is 0.000000451. The van der Waals surface area contributed by atoms with E-state index in [1.165, 1.54) is 32.4 Å². The van der Waals surface area contributed by atoms with Crippen LogP contribution in [0.15, 0.2) is 0 Å². The van der Waals surface area contributed by atoms with Gasteiger partial charge in [-0.05, 0) is 32.4 Å². The van der Waals surface area contributed by atoms with Gasteiger partial charge in [0, 0.05) is 5.66 Å². The van der Waals surface area contributed by atoms with E-state index in [1.54, 1.807) is 0 Å². The third kappa shape index (κ3) is 1.81. The molecule has 1 N–H and O–H groups in total. The average molecular weight is 436 g/mol. The summed E-state index contributed by atoms with van der Waals surface area (Å²) in [6.07, 6.45) is 4.04. The van der Waals surface area contributed by atoms with Crippen molar-refractivity contribution < 1.29 is 0 Å². The number of likely N-dealkylation sites (tertiary alicyclic amines) is 1. The molecule has 0 aliphatic carbocycles. The molecule has 0 aromatic heterocycles. The van der Waals surface area contributed by atoms with Crippen LogP contribution >= 0.6 is 0 Å². The zero-order valence-corrected chi connectivity index (χ0v) is 15.7. The number of rotatable bonds is 1. The largest absolute Gasteiger partial charge is 0.439 e. The molecule has 0 radical (unpaired) electrons. The Bertz CT molecular complexity index is 131. The summed E-state index contributed by atoms with van der Waals surface area (Å²) in [5.74, 6) is 0. The van der Waals surface area contributed by atoms with Crippen molar-refractivity contribution in [2.45, 2.75) is 45.7 Å². The zero-order valence-electron chi connectivity index (χ0n) is 9.27. The van der Waals surface area contributed by atoms with Crippen LogP contribution in [-0.2, 0) is 0 Å². The van der Waals surface area contributed by atoms with Gasteiger partial charge in [-0.25, -0.2) is 0 Å². The summed E-state index contributed by atoms with van der Waals surface area (Å²) in [6, 6.07) is 0. The molecule has 1 atom stereocenters. The van der Waals surface area contributed by atoms with Crippen molar-refractivity contribution >= 4 is 0 Å². The molecular weight excluding hydrogens is 415 g/mol. The Morgan fingerprint density at radius 3 is 2.31 bits per heavy atom. The van der Waals surface area contributed by atoms with Gasteiger partial charge < -0.3 is 10.2 Å². The van der Waals surface area contributed by atoms with E-state index in [9.17, 15) is 0 Å². The molecule has 2 heterocycles. The maximum absolute atomic E-state index is 3.57. The Kier molecular flexibility index (Phi) is 4.43. The van der Waals surface area contributed by atoms with Gasteiger partial charge in [-0.15, -0.1) is 0 Å². The van der Waals surface area contributed by atoms with Crippen molar-refractivity contribution in [1.82, 2.24) is 10.2 Å². The summed E-state index contributed by atoms with van der Waals surface area (Å²) in [5.41, 5.74) is 0.411. The normalized spacial score (nSPS) is 31.6. The van der Waals surface area contributed by atoms with Crippen LogP contribution < -0.4 is 5.32 Å². The van der Waals surface area contributed by atoms with Crippen LogP contribution in [0, 0.1) is 6.54 Å². The molecule has 74 valence electrons. The second-order valence-electron chi connectivity index (χ2n) is 3.26. The second kappa shape index (κ2) is 4.83. The molecule has 2 rings (SSSR count). The van der Waals surface area contributed by atoms with Crippen LogP contribution in [0.25, 0.3) is 0 Å². The molecule has 0 amide bonds. The molecule has 3 heteroatoms. The van der Waals surface area contributed by atoms with E-state index in [0.29, 0.717) is 5.66 Å². The number of nitrogens with one attached hydrogen (secondary N) is 1. The van der Waals surface area contributed by atoms with Crippen molar-refractivity contribution in [2.75, 3.05) is 13.1 Å². The summed E-state index contributed by atoms with van der Waals surface area (Å²) in [4.78, 5) is 2.43. The van der Waals surface area contributed by atoms with Gasteiger partial charge in [0.05, 0.1) is 0 Å². The molecule has 2 aliphatic rings. The van der Waals surface area contributed by atoms with Crippen molar-refractivity contribution in [2.24, 2.45) is 0 Å². The first-order valence-electron chi connectivity index (χ1n) is 5.19. The van der Waals surface area contributed by atoms with E-state index in [1.807, 2.05) is 13.8 Å². The van der Waals surface area contributed by atoms with Gasteiger partial charge in [-0.2, -0.15) is 6.92 Å². The molecule has 1 spiro atoms. The first-order valence-corrected chi connectivity index (χ1v) is 5.19. The van der Waals surface area contributed by atoms with Gasteiger partial charge in [0.25, 0.3) is 0 Å². The van der Waals surface area contributed by atoms with Crippen LogP contribution in [-0.4, -0.2) is 23.7 Å². The van der Waals surface area contributed by atoms with E-state index in [0.717, 1.165) is 0 Å². The molecule has 0 bridgehead atoms. The summed E-state index contributed by atoms with van der Waals surface area (Å²) in [5, 5.41) is 3.57. The fourth-order valence-electron chi connectivity index (χ4n) is 2.14. The topological polar surface area (TPSA) is 15.3 Å². The Labute approximate surface area is 76.3 Å². The third-order valence-corrected chi connectivity index (χ3v) is 2.85. The fraction of sp³-hybridized carbons (Fsp3) is 0.900. The molecule has 2 nitrogen and oxygen atoms in total. The minimum Gasteiger partial charge on any atom is -0.439 e. The predicted molar refractivity (Wildman–Crippen MR) is 52.6 cm³/mol. The molecule has 13 heavy (non-hydrogen) atoms. The number of hydrogen-bond donors (Lipinski definition) is 1. The van der Waals surface area contributed by atoms with Gasteiger partial charge in [0.2, 0.25) is 0 Å². The van der Waals surface area contributed by atoms with E-state index in [-0.39, 0.29) is 0 Å². The van der Waals surface area contributed by atoms with Crippen LogP contribution in [0.3, 0.4) is 0 Å². The van der Waals surface area contributed by atoms with Gasteiger partial charge in [0.15, 0.2) is 0 Å². The first kappa shape index (κ1) is 11.9. The molecule has 0 saturated carbocycles. The predicted octanol–water partition coefficient (Wildman–Crippen LogP) is 1.98. The van der Waals surface area contributed by atoms with Crippen molar-refractivity contribution in [3.63, 3.8) is 0 Å². The van der Waals surface area contributed by atoms with Crippen LogP contribution in [0.5, 0.6) is 0 Å². The monoisotopic (exact) mass is 436 g/mol. The molecule has 2 aliphatic heterocycles. The van der Waals surface area contributed by atoms with E-state index < -0.39 is 0 Å². The van der Waals surface area contributed by atoms with Gasteiger partial charge >= 0.3 is 0 Å². The van der Waals surface area contributed by atoms with Gasteiger partial charge in [0.1, 0.15) is 0 Å². The van der Waals surface area contributed by atoms with Crippen molar-refractivity contribution in [1.29, 1.82) is 0 Å². The smallest absolute Gasteiger partial charge is 0.0452 e. The quantitative estimate of drug-likeness (QED) is 0.633. The Morgan fingerprint density at radius 2 is 2.00 bits per heavy atom. The summed E-state index contributed by atoms with van der Waals surface area (Å²) < 4.78 is 0. The summed E-state index contributed by atoms with van der Waals surface area (Å²) in [6.45, 7) is 10.8. The average Bonchev–Trinajstić information content (AvgIpc) is 2.57. The van der Waals surface area contributed by atoms with Crippen LogP contribution in [0.2, 0.25) is 0 Å². The number of nitrogens with zero attached hydrogens (tertiary/aromatic N) is 1. The summed E-state index contributed by atoms with van der Waals surface area (Å²) >= 11 is 0. The molecule has 0 aromatic rings. The molecule has 2 saturated heterocycles. The van der Waals surface area contributed by atoms with Gasteiger partial charge in [-0.3, -0.25) is 6.54 Å². The van der Waals surface area contributed by atoms with E-state index >= 15 is 0 Å². The minimum absolute atomic E-state index is 0. The Morgan fingerprint density at radius 1 is 1.31 bits per heavy atom. The SMILES string of the molecule is CC.C[CH-]N1CCC12CCCN2.[Rf]. The minimum atomic E-state index is 0. The third-order valence-electron chi connectivity index (χ3n) is 2.85. The molecular formula is C10H21N2Rf-. The first-order chi connectivity index (χ1) is 5.87. The van der Waals surface area contributed by atoms with E-state index in [4.69, 9.17) is 0 Å². The molecule has 1 unspecified atom stereocenters. The van der Waals surface area contributed by atoms with Gasteiger partial charge in [-0.1, -0.05) is 13.8 Å². The number of hydrogen-bond acceptors (Lipinski definition) is 2. The second-order valence-corrected chi connectivity index (χ2v) is 3.26. The van der Waals surface area contributed by atoms with Crippen molar-refractivity contribution in [3.05, 3.63) is 6.54 Å². The maximum atomic E-state index is 3.57. The van der Waals surface area contributed by atoms with Crippen LogP contribution in [0.1, 0.15) is 40.0 Å². The maximum Gasteiger partial charge on any atom is 0.0452 e. The Hall–Kier alpha value is -1.08. The summed E-state index contributed by atoms with van der Waals surface area (Å²) in [7, 11) is 0. The van der Waals surface area contributed by atoms with Crippen LogP contribution in [0.4, 0.5) is 0 Å². The van der Waals surface area contributed by atoms with E-state index in [2.05, 4.69) is 23.7 Å². The molecule has 0 aromatic carbocycles.